The summed E-state index contributed by atoms with van der Waals surface area (Å²) in [5.74, 6) is -0.176. The SMILES string of the molecule is O=C(c1ccncc1)N1CCN(C(c2ccccc2)C(F)(F)F)CC1. The molecule has 4 nitrogen and oxygen atoms in total. The Hall–Kier alpha value is -2.41. The molecule has 2 aromatic rings. The molecule has 0 aliphatic carbocycles. The molecule has 1 fully saturated rings. The van der Waals surface area contributed by atoms with Gasteiger partial charge in [0, 0.05) is 44.1 Å². The number of carbonyl (C=O) groups excluding carboxylic acids is 1. The minimum atomic E-state index is -4.36. The molecule has 1 unspecified atom stereocenters. The summed E-state index contributed by atoms with van der Waals surface area (Å²) in [6, 6.07) is 9.47. The average molecular weight is 349 g/mol. The number of piperazine rings is 1. The van der Waals surface area contributed by atoms with E-state index >= 15 is 0 Å². The van der Waals surface area contributed by atoms with Crippen LogP contribution in [0.15, 0.2) is 54.9 Å². The highest BCUT2D eigenvalue weighted by molar-refractivity contribution is 5.94. The van der Waals surface area contributed by atoms with Crippen LogP contribution < -0.4 is 0 Å². The zero-order chi connectivity index (χ0) is 17.9. The highest BCUT2D eigenvalue weighted by atomic mass is 19.4. The molecule has 1 atom stereocenters. The van der Waals surface area contributed by atoms with Gasteiger partial charge >= 0.3 is 6.18 Å². The van der Waals surface area contributed by atoms with Crippen molar-refractivity contribution >= 4 is 5.91 Å². The van der Waals surface area contributed by atoms with E-state index in [-0.39, 0.29) is 37.6 Å². The summed E-state index contributed by atoms with van der Waals surface area (Å²) in [7, 11) is 0. The predicted molar refractivity (Wildman–Crippen MR) is 87.0 cm³/mol. The summed E-state index contributed by atoms with van der Waals surface area (Å²) < 4.78 is 40.7. The number of halogens is 3. The normalized spacial score (nSPS) is 17.3. The van der Waals surface area contributed by atoms with E-state index in [0.29, 0.717) is 5.56 Å². The van der Waals surface area contributed by atoms with E-state index in [0.717, 1.165) is 0 Å². The molecule has 1 amide bonds. The first-order valence-electron chi connectivity index (χ1n) is 8.02. The van der Waals surface area contributed by atoms with E-state index < -0.39 is 12.2 Å². The van der Waals surface area contributed by atoms with Crippen LogP contribution in [0.4, 0.5) is 13.2 Å². The van der Waals surface area contributed by atoms with E-state index in [1.165, 1.54) is 29.4 Å². The molecule has 1 saturated heterocycles. The number of hydrogen-bond acceptors (Lipinski definition) is 3. The molecule has 2 heterocycles. The topological polar surface area (TPSA) is 36.4 Å². The van der Waals surface area contributed by atoms with Gasteiger partial charge in [0.05, 0.1) is 0 Å². The monoisotopic (exact) mass is 349 g/mol. The number of aromatic nitrogens is 1. The van der Waals surface area contributed by atoms with Crippen molar-refractivity contribution in [1.82, 2.24) is 14.8 Å². The summed E-state index contributed by atoms with van der Waals surface area (Å²) in [4.78, 5) is 19.2. The van der Waals surface area contributed by atoms with Crippen LogP contribution in [0.25, 0.3) is 0 Å². The third kappa shape index (κ3) is 3.99. The Kier molecular flexibility index (Phi) is 5.03. The number of pyridine rings is 1. The van der Waals surface area contributed by atoms with Crippen molar-refractivity contribution in [2.24, 2.45) is 0 Å². The highest BCUT2D eigenvalue weighted by Crippen LogP contribution is 2.38. The molecule has 1 aliphatic rings. The zero-order valence-corrected chi connectivity index (χ0v) is 13.5. The van der Waals surface area contributed by atoms with Crippen molar-refractivity contribution in [3.05, 3.63) is 66.0 Å². The smallest absolute Gasteiger partial charge is 0.336 e. The molecule has 3 rings (SSSR count). The van der Waals surface area contributed by atoms with Gasteiger partial charge < -0.3 is 4.90 Å². The van der Waals surface area contributed by atoms with Crippen LogP contribution in [-0.2, 0) is 0 Å². The largest absolute Gasteiger partial charge is 0.408 e. The summed E-state index contributed by atoms with van der Waals surface area (Å²) in [5, 5.41) is 0. The highest BCUT2D eigenvalue weighted by Gasteiger charge is 2.45. The van der Waals surface area contributed by atoms with Crippen LogP contribution in [0, 0.1) is 0 Å². The van der Waals surface area contributed by atoms with Gasteiger partial charge in [-0.2, -0.15) is 13.2 Å². The van der Waals surface area contributed by atoms with E-state index in [1.807, 2.05) is 0 Å². The molecule has 0 bridgehead atoms. The minimum absolute atomic E-state index is 0.176. The van der Waals surface area contributed by atoms with Crippen LogP contribution in [0.5, 0.6) is 0 Å². The van der Waals surface area contributed by atoms with Gasteiger partial charge in [0.2, 0.25) is 0 Å². The quantitative estimate of drug-likeness (QED) is 0.854. The van der Waals surface area contributed by atoms with E-state index in [9.17, 15) is 18.0 Å². The standard InChI is InChI=1S/C18H18F3N3O/c19-18(20,21)16(14-4-2-1-3-5-14)23-10-12-24(13-11-23)17(25)15-6-8-22-9-7-15/h1-9,16H,10-13H2. The Morgan fingerprint density at radius 2 is 1.56 bits per heavy atom. The van der Waals surface area contributed by atoms with Gasteiger partial charge in [-0.05, 0) is 17.7 Å². The minimum Gasteiger partial charge on any atom is -0.336 e. The Labute approximate surface area is 143 Å². The Balaban J connectivity index is 1.71. The van der Waals surface area contributed by atoms with Gasteiger partial charge in [-0.15, -0.1) is 0 Å². The van der Waals surface area contributed by atoms with Gasteiger partial charge in [0.15, 0.2) is 0 Å². The lowest BCUT2D eigenvalue weighted by Crippen LogP contribution is -2.52. The molecular weight excluding hydrogens is 331 g/mol. The maximum Gasteiger partial charge on any atom is 0.408 e. The maximum absolute atomic E-state index is 13.6. The summed E-state index contributed by atoms with van der Waals surface area (Å²) >= 11 is 0. The summed E-state index contributed by atoms with van der Waals surface area (Å²) in [5.41, 5.74) is 0.725. The number of alkyl halides is 3. The zero-order valence-electron chi connectivity index (χ0n) is 13.5. The van der Waals surface area contributed by atoms with Gasteiger partial charge in [0.1, 0.15) is 6.04 Å². The molecular formula is C18H18F3N3O. The molecule has 0 N–H and O–H groups in total. The molecule has 1 aromatic carbocycles. The summed E-state index contributed by atoms with van der Waals surface area (Å²) in [6.07, 6.45) is -1.31. The van der Waals surface area contributed by atoms with Gasteiger partial charge in [-0.25, -0.2) is 0 Å². The second kappa shape index (κ2) is 7.23. The van der Waals surface area contributed by atoms with Gasteiger partial charge in [0.25, 0.3) is 5.91 Å². The van der Waals surface area contributed by atoms with Gasteiger partial charge in [-0.1, -0.05) is 30.3 Å². The van der Waals surface area contributed by atoms with Crippen molar-refractivity contribution in [3.63, 3.8) is 0 Å². The molecule has 7 heteroatoms. The Morgan fingerprint density at radius 3 is 2.12 bits per heavy atom. The number of benzene rings is 1. The van der Waals surface area contributed by atoms with E-state index in [2.05, 4.69) is 4.98 Å². The third-order valence-electron chi connectivity index (χ3n) is 4.32. The van der Waals surface area contributed by atoms with Crippen molar-refractivity contribution in [1.29, 1.82) is 0 Å². The molecule has 1 aromatic heterocycles. The molecule has 0 saturated carbocycles. The fourth-order valence-electron chi connectivity index (χ4n) is 3.10. The van der Waals surface area contributed by atoms with E-state index in [4.69, 9.17) is 0 Å². The van der Waals surface area contributed by atoms with Crippen LogP contribution in [-0.4, -0.2) is 53.0 Å². The van der Waals surface area contributed by atoms with Crippen molar-refractivity contribution in [3.8, 4) is 0 Å². The lowest BCUT2D eigenvalue weighted by Gasteiger charge is -2.40. The molecule has 0 radical (unpaired) electrons. The third-order valence-corrected chi connectivity index (χ3v) is 4.32. The lowest BCUT2D eigenvalue weighted by atomic mass is 10.0. The fraction of sp³-hybridized carbons (Fsp3) is 0.333. The fourth-order valence-corrected chi connectivity index (χ4v) is 3.10. The van der Waals surface area contributed by atoms with Crippen molar-refractivity contribution in [2.45, 2.75) is 12.2 Å². The van der Waals surface area contributed by atoms with Crippen LogP contribution in [0.1, 0.15) is 22.0 Å². The first-order valence-corrected chi connectivity index (χ1v) is 8.02. The number of amides is 1. The van der Waals surface area contributed by atoms with Crippen LogP contribution in [0.2, 0.25) is 0 Å². The second-order valence-corrected chi connectivity index (χ2v) is 5.92. The second-order valence-electron chi connectivity index (χ2n) is 5.92. The first kappa shape index (κ1) is 17.4. The number of carbonyl (C=O) groups is 1. The van der Waals surface area contributed by atoms with E-state index in [1.54, 1.807) is 35.2 Å². The predicted octanol–water partition coefficient (Wildman–Crippen LogP) is 3.14. The number of rotatable bonds is 3. The average Bonchev–Trinajstić information content (AvgIpc) is 2.62. The van der Waals surface area contributed by atoms with Crippen LogP contribution in [0.3, 0.4) is 0 Å². The van der Waals surface area contributed by atoms with Crippen molar-refractivity contribution in [2.75, 3.05) is 26.2 Å². The Bertz CT molecular complexity index is 699. The summed E-state index contributed by atoms with van der Waals surface area (Å²) in [6.45, 7) is 0.882. The lowest BCUT2D eigenvalue weighted by molar-refractivity contribution is -0.189. The first-order chi connectivity index (χ1) is 12.0. The Morgan fingerprint density at radius 1 is 0.960 bits per heavy atom. The molecule has 1 aliphatic heterocycles. The van der Waals surface area contributed by atoms with Gasteiger partial charge in [-0.3, -0.25) is 14.7 Å². The molecule has 0 spiro atoms. The number of nitrogens with zero attached hydrogens (tertiary/aromatic N) is 3. The maximum atomic E-state index is 13.6. The van der Waals surface area contributed by atoms with Crippen molar-refractivity contribution < 1.29 is 18.0 Å². The van der Waals surface area contributed by atoms with Crippen LogP contribution >= 0.6 is 0 Å². The number of hydrogen-bond donors (Lipinski definition) is 0. The molecule has 132 valence electrons. The molecule has 25 heavy (non-hydrogen) atoms.